The standard InChI is InChI=1S/C20H20O7/c1-23-16-6-4-13(10-18(16)24-2)15(21)12-27-20(22)14-5-7-17-19(11-14)26-9-3-8-25-17/h4-7,10-11H,3,8-9,12H2,1-2H3. The quantitative estimate of drug-likeness (QED) is 0.570. The van der Waals surface area contributed by atoms with E-state index in [1.54, 1.807) is 36.4 Å². The van der Waals surface area contributed by atoms with E-state index in [2.05, 4.69) is 0 Å². The normalized spacial score (nSPS) is 12.7. The lowest BCUT2D eigenvalue weighted by atomic mass is 10.1. The van der Waals surface area contributed by atoms with E-state index in [9.17, 15) is 9.59 Å². The number of Topliss-reactive ketones (excluding diaryl/α,β-unsaturated/α-hetero) is 1. The molecule has 0 unspecified atom stereocenters. The highest BCUT2D eigenvalue weighted by atomic mass is 16.5. The molecule has 0 aromatic heterocycles. The third kappa shape index (κ3) is 4.31. The van der Waals surface area contributed by atoms with Crippen molar-refractivity contribution in [2.24, 2.45) is 0 Å². The Hall–Kier alpha value is -3.22. The number of carbonyl (C=O) groups excluding carboxylic acids is 2. The molecule has 0 aliphatic carbocycles. The number of benzene rings is 2. The highest BCUT2D eigenvalue weighted by molar-refractivity contribution is 6.00. The van der Waals surface area contributed by atoms with Gasteiger partial charge in [0.2, 0.25) is 0 Å². The van der Waals surface area contributed by atoms with Gasteiger partial charge in [0, 0.05) is 12.0 Å². The van der Waals surface area contributed by atoms with Crippen LogP contribution in [-0.2, 0) is 4.74 Å². The van der Waals surface area contributed by atoms with E-state index < -0.39 is 5.97 Å². The SMILES string of the molecule is COc1ccc(C(=O)COC(=O)c2ccc3c(c2)OCCCO3)cc1OC. The predicted octanol–water partition coefficient (Wildman–Crippen LogP) is 2.90. The van der Waals surface area contributed by atoms with Gasteiger partial charge in [0.05, 0.1) is 33.0 Å². The molecule has 0 amide bonds. The number of ether oxygens (including phenoxy) is 5. The van der Waals surface area contributed by atoms with E-state index in [4.69, 9.17) is 23.7 Å². The molecule has 0 bridgehead atoms. The molecule has 2 aromatic carbocycles. The maximum Gasteiger partial charge on any atom is 0.338 e. The minimum atomic E-state index is -0.612. The molecule has 1 heterocycles. The van der Waals surface area contributed by atoms with Gasteiger partial charge in [-0.05, 0) is 36.4 Å². The average molecular weight is 372 g/mol. The lowest BCUT2D eigenvalue weighted by molar-refractivity contribution is 0.0474. The van der Waals surface area contributed by atoms with Gasteiger partial charge in [-0.3, -0.25) is 4.79 Å². The summed E-state index contributed by atoms with van der Waals surface area (Å²) in [7, 11) is 2.99. The number of hydrogen-bond donors (Lipinski definition) is 0. The summed E-state index contributed by atoms with van der Waals surface area (Å²) in [5, 5.41) is 0. The van der Waals surface area contributed by atoms with Crippen molar-refractivity contribution in [1.29, 1.82) is 0 Å². The van der Waals surface area contributed by atoms with Crippen molar-refractivity contribution in [2.45, 2.75) is 6.42 Å². The smallest absolute Gasteiger partial charge is 0.338 e. The fourth-order valence-corrected chi connectivity index (χ4v) is 2.60. The minimum absolute atomic E-state index is 0.291. The summed E-state index contributed by atoms with van der Waals surface area (Å²) < 4.78 is 26.5. The van der Waals surface area contributed by atoms with Crippen LogP contribution < -0.4 is 18.9 Å². The summed E-state index contributed by atoms with van der Waals surface area (Å²) in [6, 6.07) is 9.55. The lowest BCUT2D eigenvalue weighted by Gasteiger charge is -2.10. The maximum absolute atomic E-state index is 12.3. The number of hydrogen-bond acceptors (Lipinski definition) is 7. The predicted molar refractivity (Wildman–Crippen MR) is 96.2 cm³/mol. The maximum atomic E-state index is 12.3. The molecule has 0 atom stereocenters. The van der Waals surface area contributed by atoms with Crippen molar-refractivity contribution >= 4 is 11.8 Å². The van der Waals surface area contributed by atoms with Crippen molar-refractivity contribution in [3.8, 4) is 23.0 Å². The molecule has 0 saturated heterocycles. The number of methoxy groups -OCH3 is 2. The first-order valence-electron chi connectivity index (χ1n) is 8.44. The highest BCUT2D eigenvalue weighted by Crippen LogP contribution is 2.31. The Morgan fingerprint density at radius 3 is 2.33 bits per heavy atom. The van der Waals surface area contributed by atoms with E-state index in [-0.39, 0.29) is 12.4 Å². The molecule has 0 fully saturated rings. The van der Waals surface area contributed by atoms with Crippen molar-refractivity contribution < 1.29 is 33.3 Å². The van der Waals surface area contributed by atoms with Crippen LogP contribution in [0.15, 0.2) is 36.4 Å². The third-order valence-electron chi connectivity index (χ3n) is 4.02. The van der Waals surface area contributed by atoms with Crippen molar-refractivity contribution in [3.63, 3.8) is 0 Å². The first-order chi connectivity index (χ1) is 13.1. The Bertz CT molecular complexity index is 844. The molecule has 142 valence electrons. The van der Waals surface area contributed by atoms with Gasteiger partial charge in [0.15, 0.2) is 35.4 Å². The van der Waals surface area contributed by atoms with Crippen molar-refractivity contribution in [2.75, 3.05) is 34.0 Å². The minimum Gasteiger partial charge on any atom is -0.493 e. The zero-order chi connectivity index (χ0) is 19.2. The largest absolute Gasteiger partial charge is 0.493 e. The van der Waals surface area contributed by atoms with Gasteiger partial charge in [-0.1, -0.05) is 0 Å². The zero-order valence-electron chi connectivity index (χ0n) is 15.2. The summed E-state index contributed by atoms with van der Waals surface area (Å²) in [5.74, 6) is 1.06. The topological polar surface area (TPSA) is 80.3 Å². The number of fused-ring (bicyclic) bond motifs is 1. The molecule has 0 radical (unpaired) electrons. The van der Waals surface area contributed by atoms with Crippen molar-refractivity contribution in [1.82, 2.24) is 0 Å². The molecule has 1 aliphatic heterocycles. The van der Waals surface area contributed by atoms with Crippen LogP contribution in [0.4, 0.5) is 0 Å². The molecule has 0 saturated carbocycles. The van der Waals surface area contributed by atoms with Gasteiger partial charge in [-0.2, -0.15) is 0 Å². The molecule has 7 heteroatoms. The summed E-state index contributed by atoms with van der Waals surface area (Å²) in [6.45, 7) is 0.697. The van der Waals surface area contributed by atoms with Crippen LogP contribution in [0.1, 0.15) is 27.1 Å². The van der Waals surface area contributed by atoms with Crippen LogP contribution in [-0.4, -0.2) is 45.8 Å². The second-order valence-corrected chi connectivity index (χ2v) is 5.78. The molecular formula is C20H20O7. The monoisotopic (exact) mass is 372 g/mol. The van der Waals surface area contributed by atoms with Gasteiger partial charge in [0.25, 0.3) is 0 Å². The van der Waals surface area contributed by atoms with Crippen LogP contribution in [0.25, 0.3) is 0 Å². The fraction of sp³-hybridized carbons (Fsp3) is 0.300. The fourth-order valence-electron chi connectivity index (χ4n) is 2.60. The van der Waals surface area contributed by atoms with Gasteiger partial charge >= 0.3 is 5.97 Å². The summed E-state index contributed by atoms with van der Waals surface area (Å²) in [5.41, 5.74) is 0.651. The first-order valence-corrected chi connectivity index (χ1v) is 8.44. The second-order valence-electron chi connectivity index (χ2n) is 5.78. The summed E-state index contributed by atoms with van der Waals surface area (Å²) >= 11 is 0. The lowest BCUT2D eigenvalue weighted by Crippen LogP contribution is -2.14. The Balaban J connectivity index is 1.65. The van der Waals surface area contributed by atoms with Crippen LogP contribution in [0, 0.1) is 0 Å². The van der Waals surface area contributed by atoms with Crippen LogP contribution in [0.2, 0.25) is 0 Å². The Kier molecular flexibility index (Phi) is 5.80. The van der Waals surface area contributed by atoms with Crippen LogP contribution in [0.5, 0.6) is 23.0 Å². The van der Waals surface area contributed by atoms with Crippen LogP contribution in [0.3, 0.4) is 0 Å². The van der Waals surface area contributed by atoms with E-state index in [1.165, 1.54) is 14.2 Å². The van der Waals surface area contributed by atoms with Gasteiger partial charge in [-0.15, -0.1) is 0 Å². The average Bonchev–Trinajstić information content (AvgIpc) is 2.95. The number of rotatable bonds is 6. The molecule has 1 aliphatic rings. The molecule has 7 nitrogen and oxygen atoms in total. The Labute approximate surface area is 156 Å². The molecule has 2 aromatic rings. The van der Waals surface area contributed by atoms with E-state index >= 15 is 0 Å². The number of esters is 1. The summed E-state index contributed by atoms with van der Waals surface area (Å²) in [4.78, 5) is 24.6. The van der Waals surface area contributed by atoms with Gasteiger partial charge < -0.3 is 23.7 Å². The highest BCUT2D eigenvalue weighted by Gasteiger charge is 2.17. The van der Waals surface area contributed by atoms with Crippen LogP contribution >= 0.6 is 0 Å². The second kappa shape index (κ2) is 8.44. The molecular weight excluding hydrogens is 352 g/mol. The van der Waals surface area contributed by atoms with Gasteiger partial charge in [-0.25, -0.2) is 4.79 Å². The Morgan fingerprint density at radius 2 is 1.59 bits per heavy atom. The Morgan fingerprint density at radius 1 is 0.889 bits per heavy atom. The van der Waals surface area contributed by atoms with E-state index in [0.717, 1.165) is 6.42 Å². The molecule has 0 N–H and O–H groups in total. The van der Waals surface area contributed by atoms with Gasteiger partial charge in [0.1, 0.15) is 0 Å². The molecule has 0 spiro atoms. The van der Waals surface area contributed by atoms with E-state index in [0.29, 0.717) is 47.3 Å². The third-order valence-corrected chi connectivity index (χ3v) is 4.02. The van der Waals surface area contributed by atoms with Crippen molar-refractivity contribution in [3.05, 3.63) is 47.5 Å². The molecule has 27 heavy (non-hydrogen) atoms. The van der Waals surface area contributed by atoms with E-state index in [1.807, 2.05) is 0 Å². The first kappa shape index (κ1) is 18.6. The summed E-state index contributed by atoms with van der Waals surface area (Å²) in [6.07, 6.45) is 0.772. The molecule has 3 rings (SSSR count). The number of carbonyl (C=O) groups is 2. The zero-order valence-corrected chi connectivity index (χ0v) is 15.2. The number of ketones is 1.